The van der Waals surface area contributed by atoms with Gasteiger partial charge in [-0.3, -0.25) is 9.59 Å². The van der Waals surface area contributed by atoms with E-state index in [1.165, 1.54) is 11.3 Å². The Kier molecular flexibility index (Phi) is 4.39. The maximum absolute atomic E-state index is 12.6. The Balaban J connectivity index is 1.83. The standard InChI is InChI=1S/C19H15N5O2S/c20-16(25)12-23(13-5-2-1-3-6-13)18-8-9-21-17-11-14(22-24(17)18)19(26)15-7-4-10-27-15/h1-11H,12H2,(H2,20,25). The molecule has 4 rings (SSSR count). The van der Waals surface area contributed by atoms with Gasteiger partial charge in [-0.15, -0.1) is 11.3 Å². The number of aromatic nitrogens is 3. The molecule has 0 saturated heterocycles. The molecule has 0 atom stereocenters. The molecule has 0 aliphatic carbocycles. The number of thiophene rings is 1. The van der Waals surface area contributed by atoms with E-state index in [9.17, 15) is 9.59 Å². The van der Waals surface area contributed by atoms with Crippen LogP contribution in [0.15, 0.2) is 66.2 Å². The lowest BCUT2D eigenvalue weighted by atomic mass is 10.2. The van der Waals surface area contributed by atoms with Crippen molar-refractivity contribution >= 4 is 40.2 Å². The zero-order valence-corrected chi connectivity index (χ0v) is 15.0. The van der Waals surface area contributed by atoms with Crippen LogP contribution in [0.3, 0.4) is 0 Å². The molecule has 0 saturated carbocycles. The second-order valence-electron chi connectivity index (χ2n) is 5.80. The highest BCUT2D eigenvalue weighted by atomic mass is 32.1. The SMILES string of the molecule is NC(=O)CN(c1ccccc1)c1ccnc2cc(C(=O)c3cccs3)nn12. The van der Waals surface area contributed by atoms with E-state index in [0.717, 1.165) is 5.69 Å². The van der Waals surface area contributed by atoms with Gasteiger partial charge in [-0.05, 0) is 29.6 Å². The summed E-state index contributed by atoms with van der Waals surface area (Å²) < 4.78 is 1.55. The summed E-state index contributed by atoms with van der Waals surface area (Å²) in [6.45, 7) is -0.0306. The topological polar surface area (TPSA) is 93.6 Å². The van der Waals surface area contributed by atoms with Crippen LogP contribution in [-0.4, -0.2) is 32.8 Å². The molecule has 0 fully saturated rings. The first-order valence-corrected chi connectivity index (χ1v) is 9.05. The van der Waals surface area contributed by atoms with Crippen LogP contribution in [0.4, 0.5) is 11.5 Å². The monoisotopic (exact) mass is 377 g/mol. The summed E-state index contributed by atoms with van der Waals surface area (Å²) in [5, 5.41) is 6.28. The van der Waals surface area contributed by atoms with Gasteiger partial charge in [-0.1, -0.05) is 24.3 Å². The third-order valence-electron chi connectivity index (χ3n) is 3.97. The number of hydrogen-bond donors (Lipinski definition) is 1. The molecule has 3 heterocycles. The smallest absolute Gasteiger partial charge is 0.237 e. The number of ketones is 1. The second kappa shape index (κ2) is 7.00. The molecule has 4 aromatic rings. The van der Waals surface area contributed by atoms with Crippen LogP contribution in [-0.2, 0) is 4.79 Å². The fourth-order valence-corrected chi connectivity index (χ4v) is 3.47. The maximum atomic E-state index is 12.6. The molecule has 2 N–H and O–H groups in total. The summed E-state index contributed by atoms with van der Waals surface area (Å²) in [6.07, 6.45) is 1.61. The number of amides is 1. The Hall–Kier alpha value is -3.52. The Morgan fingerprint density at radius 1 is 1.11 bits per heavy atom. The molecule has 0 aliphatic heterocycles. The van der Waals surface area contributed by atoms with E-state index in [1.807, 2.05) is 41.8 Å². The number of nitrogens with zero attached hydrogens (tertiary/aromatic N) is 4. The lowest BCUT2D eigenvalue weighted by Gasteiger charge is -2.23. The number of primary amides is 1. The number of fused-ring (bicyclic) bond motifs is 1. The first-order chi connectivity index (χ1) is 13.1. The van der Waals surface area contributed by atoms with Crippen LogP contribution in [0.25, 0.3) is 5.65 Å². The number of carbonyl (C=O) groups excluding carboxylic acids is 2. The first kappa shape index (κ1) is 16.9. The number of anilines is 2. The fraction of sp³-hybridized carbons (Fsp3) is 0.0526. The summed E-state index contributed by atoms with van der Waals surface area (Å²) in [7, 11) is 0. The van der Waals surface area contributed by atoms with E-state index < -0.39 is 5.91 Å². The minimum atomic E-state index is -0.481. The highest BCUT2D eigenvalue weighted by Gasteiger charge is 2.20. The highest BCUT2D eigenvalue weighted by Crippen LogP contribution is 2.25. The van der Waals surface area contributed by atoms with E-state index in [-0.39, 0.29) is 12.3 Å². The van der Waals surface area contributed by atoms with Crippen molar-refractivity contribution in [2.45, 2.75) is 0 Å². The van der Waals surface area contributed by atoms with Crippen molar-refractivity contribution in [2.24, 2.45) is 5.73 Å². The summed E-state index contributed by atoms with van der Waals surface area (Å²) in [5.41, 5.74) is 7.04. The molecular weight excluding hydrogens is 362 g/mol. The zero-order valence-electron chi connectivity index (χ0n) is 14.1. The van der Waals surface area contributed by atoms with Crippen LogP contribution in [0.5, 0.6) is 0 Å². The minimum absolute atomic E-state index is 0.0306. The summed E-state index contributed by atoms with van der Waals surface area (Å²) in [5.74, 6) is -0.0521. The van der Waals surface area contributed by atoms with Gasteiger partial charge in [0.1, 0.15) is 18.1 Å². The van der Waals surface area contributed by atoms with E-state index >= 15 is 0 Å². The minimum Gasteiger partial charge on any atom is -0.368 e. The van der Waals surface area contributed by atoms with Crippen molar-refractivity contribution < 1.29 is 9.59 Å². The molecule has 1 amide bonds. The molecule has 0 bridgehead atoms. The van der Waals surface area contributed by atoms with Gasteiger partial charge in [-0.2, -0.15) is 9.61 Å². The zero-order chi connectivity index (χ0) is 18.8. The number of rotatable bonds is 6. The van der Waals surface area contributed by atoms with Gasteiger partial charge in [0.05, 0.1) is 4.88 Å². The van der Waals surface area contributed by atoms with Gasteiger partial charge in [-0.25, -0.2) is 4.98 Å². The molecule has 3 aromatic heterocycles. The van der Waals surface area contributed by atoms with Gasteiger partial charge in [0.15, 0.2) is 5.65 Å². The maximum Gasteiger partial charge on any atom is 0.237 e. The van der Waals surface area contributed by atoms with Crippen LogP contribution in [0, 0.1) is 0 Å². The summed E-state index contributed by atoms with van der Waals surface area (Å²) in [6, 6.07) is 16.3. The van der Waals surface area contributed by atoms with Crippen LogP contribution in [0.1, 0.15) is 15.4 Å². The molecule has 7 nitrogen and oxygen atoms in total. The lowest BCUT2D eigenvalue weighted by Crippen LogP contribution is -2.31. The summed E-state index contributed by atoms with van der Waals surface area (Å²) in [4.78, 5) is 30.9. The Labute approximate surface area is 158 Å². The van der Waals surface area contributed by atoms with Crippen molar-refractivity contribution in [3.63, 3.8) is 0 Å². The van der Waals surface area contributed by atoms with E-state index in [1.54, 1.807) is 33.8 Å². The largest absolute Gasteiger partial charge is 0.368 e. The van der Waals surface area contributed by atoms with Crippen LogP contribution < -0.4 is 10.6 Å². The molecule has 0 spiro atoms. The van der Waals surface area contributed by atoms with Crippen molar-refractivity contribution in [1.29, 1.82) is 0 Å². The third-order valence-corrected chi connectivity index (χ3v) is 4.84. The number of carbonyl (C=O) groups is 2. The van der Waals surface area contributed by atoms with E-state index in [2.05, 4.69) is 10.1 Å². The fourth-order valence-electron chi connectivity index (χ4n) is 2.80. The first-order valence-electron chi connectivity index (χ1n) is 8.17. The summed E-state index contributed by atoms with van der Waals surface area (Å²) >= 11 is 1.36. The number of benzene rings is 1. The van der Waals surface area contributed by atoms with Gasteiger partial charge in [0.2, 0.25) is 11.7 Å². The van der Waals surface area contributed by atoms with Crippen molar-refractivity contribution in [2.75, 3.05) is 11.4 Å². The quantitative estimate of drug-likeness (QED) is 0.521. The van der Waals surface area contributed by atoms with Gasteiger partial charge < -0.3 is 10.6 Å². The average molecular weight is 377 g/mol. The second-order valence-corrected chi connectivity index (χ2v) is 6.74. The van der Waals surface area contributed by atoms with Gasteiger partial charge in [0.25, 0.3) is 0 Å². The predicted octanol–water partition coefficient (Wildman–Crippen LogP) is 2.65. The number of para-hydroxylation sites is 1. The molecule has 0 aliphatic rings. The Morgan fingerprint density at radius 3 is 2.63 bits per heavy atom. The average Bonchev–Trinajstić information content (AvgIpc) is 3.35. The normalized spacial score (nSPS) is 10.8. The lowest BCUT2D eigenvalue weighted by molar-refractivity contribution is -0.116. The van der Waals surface area contributed by atoms with Gasteiger partial charge >= 0.3 is 0 Å². The molecule has 1 aromatic carbocycles. The molecule has 0 unspecified atom stereocenters. The molecule has 27 heavy (non-hydrogen) atoms. The van der Waals surface area contributed by atoms with Gasteiger partial charge in [0, 0.05) is 18.0 Å². The van der Waals surface area contributed by atoms with E-state index in [4.69, 9.17) is 5.73 Å². The highest BCUT2D eigenvalue weighted by molar-refractivity contribution is 7.12. The third kappa shape index (κ3) is 3.30. The Morgan fingerprint density at radius 2 is 1.93 bits per heavy atom. The molecule has 8 heteroatoms. The van der Waals surface area contributed by atoms with Crippen molar-refractivity contribution in [3.05, 3.63) is 76.7 Å². The van der Waals surface area contributed by atoms with Crippen LogP contribution in [0.2, 0.25) is 0 Å². The number of hydrogen-bond acceptors (Lipinski definition) is 6. The molecular formula is C19H15N5O2S. The van der Waals surface area contributed by atoms with Crippen molar-refractivity contribution in [3.8, 4) is 0 Å². The van der Waals surface area contributed by atoms with Crippen molar-refractivity contribution in [1.82, 2.24) is 14.6 Å². The number of nitrogens with two attached hydrogens (primary N) is 1. The Bertz CT molecular complexity index is 1110. The van der Waals surface area contributed by atoms with E-state index in [0.29, 0.717) is 22.0 Å². The predicted molar refractivity (Wildman–Crippen MR) is 103 cm³/mol. The molecule has 0 radical (unpaired) electrons. The van der Waals surface area contributed by atoms with Crippen LogP contribution >= 0.6 is 11.3 Å². The molecule has 134 valence electrons.